The third-order valence-corrected chi connectivity index (χ3v) is 5.42. The Morgan fingerprint density at radius 1 is 1.03 bits per heavy atom. The van der Waals surface area contributed by atoms with Crippen LogP contribution in [-0.4, -0.2) is 25.5 Å². The molecule has 4 heteroatoms. The number of aldehydes is 1. The van der Waals surface area contributed by atoms with Crippen LogP contribution < -0.4 is 5.32 Å². The topological polar surface area (TPSA) is 55.4 Å². The Balaban J connectivity index is 1.30. The number of amides is 1. The van der Waals surface area contributed by atoms with Gasteiger partial charge in [-0.15, -0.1) is 0 Å². The summed E-state index contributed by atoms with van der Waals surface area (Å²) < 4.78 is 5.51. The van der Waals surface area contributed by atoms with E-state index in [2.05, 4.69) is 41.4 Å². The van der Waals surface area contributed by atoms with Gasteiger partial charge in [0.25, 0.3) is 0 Å². The Kier molecular flexibility index (Phi) is 6.14. The molecule has 0 saturated heterocycles. The van der Waals surface area contributed by atoms with Gasteiger partial charge in [0.1, 0.15) is 6.61 Å². The minimum atomic E-state index is -0.451. The number of alkyl carbamates (subject to hydrolysis) is 1. The normalized spacial score (nSPS) is 11.6. The first-order valence-electron chi connectivity index (χ1n) is 10.3. The summed E-state index contributed by atoms with van der Waals surface area (Å²) in [5, 5.41) is 2.75. The van der Waals surface area contributed by atoms with Crippen molar-refractivity contribution in [1.82, 2.24) is 5.32 Å². The van der Waals surface area contributed by atoms with Crippen LogP contribution in [0.5, 0.6) is 0 Å². The number of benzene rings is 3. The van der Waals surface area contributed by atoms with Crippen molar-refractivity contribution in [3.05, 3.63) is 94.5 Å². The number of ether oxygens (including phenoxy) is 1. The zero-order valence-electron chi connectivity index (χ0n) is 17.4. The van der Waals surface area contributed by atoms with Crippen LogP contribution in [0.2, 0.25) is 0 Å². The molecule has 0 atom stereocenters. The summed E-state index contributed by atoms with van der Waals surface area (Å²) in [7, 11) is 0. The smallest absolute Gasteiger partial charge is 0.407 e. The SMILES string of the molecule is Cc1ccc(C#CCCNC(=O)OCC2c3ccccc3-c3ccccc32)c(C=O)c1. The van der Waals surface area contributed by atoms with E-state index in [1.807, 2.05) is 49.4 Å². The van der Waals surface area contributed by atoms with Crippen LogP contribution in [0.1, 0.15) is 45.0 Å². The highest BCUT2D eigenvalue weighted by molar-refractivity contribution is 5.80. The van der Waals surface area contributed by atoms with E-state index in [9.17, 15) is 9.59 Å². The van der Waals surface area contributed by atoms with Gasteiger partial charge in [-0.3, -0.25) is 4.79 Å². The largest absolute Gasteiger partial charge is 0.449 e. The monoisotopic (exact) mass is 409 g/mol. The molecule has 4 nitrogen and oxygen atoms in total. The van der Waals surface area contributed by atoms with Gasteiger partial charge in [-0.1, -0.05) is 72.0 Å². The Bertz CT molecular complexity index is 1140. The van der Waals surface area contributed by atoms with E-state index >= 15 is 0 Å². The third kappa shape index (κ3) is 4.51. The second-order valence-electron chi connectivity index (χ2n) is 7.51. The van der Waals surface area contributed by atoms with Crippen LogP contribution >= 0.6 is 0 Å². The molecule has 4 rings (SSSR count). The van der Waals surface area contributed by atoms with Gasteiger partial charge in [0.2, 0.25) is 0 Å². The maximum atomic E-state index is 12.2. The third-order valence-electron chi connectivity index (χ3n) is 5.42. The molecule has 1 amide bonds. The van der Waals surface area contributed by atoms with E-state index < -0.39 is 6.09 Å². The van der Waals surface area contributed by atoms with Crippen LogP contribution in [0, 0.1) is 18.8 Å². The van der Waals surface area contributed by atoms with Crippen LogP contribution in [-0.2, 0) is 4.74 Å². The Labute approximate surface area is 182 Å². The highest BCUT2D eigenvalue weighted by Crippen LogP contribution is 2.44. The molecule has 0 heterocycles. The second-order valence-corrected chi connectivity index (χ2v) is 7.51. The molecule has 1 aliphatic rings. The summed E-state index contributed by atoms with van der Waals surface area (Å²) in [6, 6.07) is 22.1. The van der Waals surface area contributed by atoms with E-state index in [4.69, 9.17) is 4.74 Å². The lowest BCUT2D eigenvalue weighted by molar-refractivity contribution is 0.112. The molecule has 0 aromatic heterocycles. The standard InChI is InChI=1S/C27H23NO3/c1-19-13-14-20(21(16-19)17-29)8-6-7-15-28-27(30)31-18-26-24-11-4-2-9-22(24)23-10-3-5-12-25(23)26/h2-5,9-14,16-17,26H,7,15,18H2,1H3,(H,28,30). The number of hydrogen-bond acceptors (Lipinski definition) is 3. The van der Waals surface area contributed by atoms with Gasteiger partial charge in [-0.25, -0.2) is 4.79 Å². The number of carbonyl (C=O) groups is 2. The summed E-state index contributed by atoms with van der Waals surface area (Å²) in [5.41, 5.74) is 7.07. The van der Waals surface area contributed by atoms with Crippen molar-refractivity contribution < 1.29 is 14.3 Å². The lowest BCUT2D eigenvalue weighted by Gasteiger charge is -2.14. The van der Waals surface area contributed by atoms with E-state index in [0.717, 1.165) is 11.8 Å². The van der Waals surface area contributed by atoms with Crippen molar-refractivity contribution in [2.24, 2.45) is 0 Å². The molecule has 0 fully saturated rings. The molecular formula is C27H23NO3. The van der Waals surface area contributed by atoms with Crippen molar-refractivity contribution in [2.45, 2.75) is 19.3 Å². The summed E-state index contributed by atoms with van der Waals surface area (Å²) in [6.45, 7) is 2.60. The van der Waals surface area contributed by atoms with Crippen molar-refractivity contribution in [1.29, 1.82) is 0 Å². The molecule has 0 bridgehead atoms. The van der Waals surface area contributed by atoms with E-state index in [-0.39, 0.29) is 12.5 Å². The molecule has 0 spiro atoms. The summed E-state index contributed by atoms with van der Waals surface area (Å²) in [6.07, 6.45) is 0.829. The highest BCUT2D eigenvalue weighted by atomic mass is 16.5. The Morgan fingerprint density at radius 2 is 1.71 bits per heavy atom. The molecule has 0 unspecified atom stereocenters. The number of hydrogen-bond donors (Lipinski definition) is 1. The van der Waals surface area contributed by atoms with Crippen LogP contribution in [0.25, 0.3) is 11.1 Å². The van der Waals surface area contributed by atoms with Crippen LogP contribution in [0.15, 0.2) is 66.7 Å². The average molecular weight is 409 g/mol. The molecule has 31 heavy (non-hydrogen) atoms. The number of nitrogens with one attached hydrogen (secondary N) is 1. The fraction of sp³-hybridized carbons (Fsp3) is 0.185. The first-order chi connectivity index (χ1) is 15.2. The molecular weight excluding hydrogens is 386 g/mol. The highest BCUT2D eigenvalue weighted by Gasteiger charge is 2.28. The quantitative estimate of drug-likeness (QED) is 0.363. The average Bonchev–Trinajstić information content (AvgIpc) is 3.12. The van der Waals surface area contributed by atoms with Crippen molar-refractivity contribution >= 4 is 12.4 Å². The predicted octanol–water partition coefficient (Wildman–Crippen LogP) is 5.09. The zero-order valence-corrected chi connectivity index (χ0v) is 17.4. The first-order valence-corrected chi connectivity index (χ1v) is 10.3. The number of carbonyl (C=O) groups excluding carboxylic acids is 2. The maximum absolute atomic E-state index is 12.2. The minimum Gasteiger partial charge on any atom is -0.449 e. The van der Waals surface area contributed by atoms with Crippen LogP contribution in [0.4, 0.5) is 4.79 Å². The van der Waals surface area contributed by atoms with Gasteiger partial charge >= 0.3 is 6.09 Å². The van der Waals surface area contributed by atoms with E-state index in [0.29, 0.717) is 24.1 Å². The van der Waals surface area contributed by atoms with Gasteiger partial charge in [0, 0.05) is 30.0 Å². The van der Waals surface area contributed by atoms with Gasteiger partial charge in [-0.05, 0) is 41.3 Å². The van der Waals surface area contributed by atoms with Crippen LogP contribution in [0.3, 0.4) is 0 Å². The molecule has 1 aliphatic carbocycles. The van der Waals surface area contributed by atoms with Gasteiger partial charge < -0.3 is 10.1 Å². The predicted molar refractivity (Wildman–Crippen MR) is 121 cm³/mol. The number of fused-ring (bicyclic) bond motifs is 3. The zero-order chi connectivity index (χ0) is 21.6. The van der Waals surface area contributed by atoms with Gasteiger partial charge in [0.15, 0.2) is 6.29 Å². The van der Waals surface area contributed by atoms with E-state index in [1.54, 1.807) is 0 Å². The second kappa shape index (κ2) is 9.32. The molecule has 0 saturated carbocycles. The van der Waals surface area contributed by atoms with Crippen molar-refractivity contribution in [2.75, 3.05) is 13.2 Å². The van der Waals surface area contributed by atoms with E-state index in [1.165, 1.54) is 22.3 Å². The summed E-state index contributed by atoms with van der Waals surface area (Å²) >= 11 is 0. The molecule has 0 radical (unpaired) electrons. The maximum Gasteiger partial charge on any atom is 0.407 e. The minimum absolute atomic E-state index is 0.0428. The summed E-state index contributed by atoms with van der Waals surface area (Å²) in [4.78, 5) is 23.3. The number of aryl methyl sites for hydroxylation is 1. The lowest BCUT2D eigenvalue weighted by atomic mass is 9.98. The Hall–Kier alpha value is -3.84. The van der Waals surface area contributed by atoms with Gasteiger partial charge in [-0.2, -0.15) is 0 Å². The molecule has 3 aromatic carbocycles. The van der Waals surface area contributed by atoms with Crippen molar-refractivity contribution in [3.63, 3.8) is 0 Å². The fourth-order valence-electron chi connectivity index (χ4n) is 3.93. The van der Waals surface area contributed by atoms with Gasteiger partial charge in [0.05, 0.1) is 0 Å². The Morgan fingerprint density at radius 3 is 2.39 bits per heavy atom. The molecule has 1 N–H and O–H groups in total. The van der Waals surface area contributed by atoms with Crippen molar-refractivity contribution in [3.8, 4) is 23.0 Å². The molecule has 154 valence electrons. The molecule has 0 aliphatic heterocycles. The lowest BCUT2D eigenvalue weighted by Crippen LogP contribution is -2.26. The molecule has 3 aromatic rings. The number of rotatable bonds is 5. The first kappa shape index (κ1) is 20.4. The summed E-state index contributed by atoms with van der Waals surface area (Å²) in [5.74, 6) is 6.03. The fourth-order valence-corrected chi connectivity index (χ4v) is 3.93.